The summed E-state index contributed by atoms with van der Waals surface area (Å²) >= 11 is 0. The summed E-state index contributed by atoms with van der Waals surface area (Å²) in [5.74, 6) is 0. The molecule has 0 aromatic heterocycles. The highest BCUT2D eigenvalue weighted by Gasteiger charge is 1.71. The van der Waals surface area contributed by atoms with Gasteiger partial charge in [0, 0.05) is 12.1 Å². The Morgan fingerprint density at radius 2 is 2.33 bits per heavy atom. The summed E-state index contributed by atoms with van der Waals surface area (Å²) in [5, 5.41) is 0. The lowest BCUT2D eigenvalue weighted by atomic mass is 10.4. The maximum absolute atomic E-state index is 5.14. The molecule has 0 saturated carbocycles. The second-order valence-corrected chi connectivity index (χ2v) is 1.15. The summed E-state index contributed by atoms with van der Waals surface area (Å²) in [6.45, 7) is 6.91. The molecule has 0 unspecified atom stereocenters. The van der Waals surface area contributed by atoms with Crippen molar-refractivity contribution in [2.45, 2.75) is 6.42 Å². The number of rotatable bonds is 2. The Balaban J connectivity index is 3.05. The van der Waals surface area contributed by atoms with Gasteiger partial charge in [0.15, 0.2) is 0 Å². The van der Waals surface area contributed by atoms with E-state index in [1.165, 1.54) is 0 Å². The van der Waals surface area contributed by atoms with E-state index < -0.39 is 0 Å². The molecule has 0 aromatic rings. The smallest absolute Gasteiger partial charge is 0.00457 e. The Labute approximate surface area is 38.2 Å². The number of hydrogen-bond acceptors (Lipinski definition) is 1. The third-order valence-electron chi connectivity index (χ3n) is 0.407. The fourth-order valence-electron chi connectivity index (χ4n) is 0.185. The first-order chi connectivity index (χ1) is 2.77. The highest BCUT2D eigenvalue weighted by molar-refractivity contribution is 4.93. The summed E-state index contributed by atoms with van der Waals surface area (Å²) in [6.07, 6.45) is 2.45. The van der Waals surface area contributed by atoms with Gasteiger partial charge in [0.25, 0.3) is 0 Å². The molecule has 0 atom stereocenters. The van der Waals surface area contributed by atoms with E-state index in [1.807, 2.05) is 0 Å². The van der Waals surface area contributed by atoms with Crippen LogP contribution in [0.15, 0.2) is 24.9 Å². The zero-order chi connectivity index (χ0) is 4.99. The molecule has 0 aliphatic rings. The number of hydrogen-bond donors (Lipinski definition) is 1. The van der Waals surface area contributed by atoms with Gasteiger partial charge < -0.3 is 5.73 Å². The molecule has 0 aromatic carbocycles. The molecule has 0 fully saturated rings. The predicted molar refractivity (Wildman–Crippen MR) is 28.1 cm³/mol. The highest BCUT2D eigenvalue weighted by atomic mass is 14.5. The van der Waals surface area contributed by atoms with Crippen LogP contribution in [0.1, 0.15) is 6.42 Å². The SMILES string of the molecule is C=CCC(=C)N. The lowest BCUT2D eigenvalue weighted by Gasteiger charge is -1.84. The van der Waals surface area contributed by atoms with Crippen LogP contribution in [0.2, 0.25) is 0 Å². The average molecular weight is 83.1 g/mol. The zero-order valence-corrected chi connectivity index (χ0v) is 3.78. The fourth-order valence-corrected chi connectivity index (χ4v) is 0.185. The van der Waals surface area contributed by atoms with Crippen molar-refractivity contribution in [3.63, 3.8) is 0 Å². The van der Waals surface area contributed by atoms with Crippen LogP contribution in [0.3, 0.4) is 0 Å². The minimum atomic E-state index is 0.671. The van der Waals surface area contributed by atoms with Crippen molar-refractivity contribution in [1.82, 2.24) is 0 Å². The first-order valence-electron chi connectivity index (χ1n) is 1.81. The van der Waals surface area contributed by atoms with Crippen molar-refractivity contribution in [1.29, 1.82) is 0 Å². The number of nitrogens with two attached hydrogens (primary N) is 1. The van der Waals surface area contributed by atoms with Crippen molar-refractivity contribution in [2.75, 3.05) is 0 Å². The Hall–Kier alpha value is -0.720. The first-order valence-corrected chi connectivity index (χ1v) is 1.81. The van der Waals surface area contributed by atoms with E-state index in [1.54, 1.807) is 6.08 Å². The first kappa shape index (κ1) is 5.28. The predicted octanol–water partition coefficient (Wildman–Crippen LogP) is 1.03. The van der Waals surface area contributed by atoms with E-state index in [4.69, 9.17) is 5.73 Å². The molecule has 6 heavy (non-hydrogen) atoms. The van der Waals surface area contributed by atoms with Crippen molar-refractivity contribution in [2.24, 2.45) is 5.73 Å². The summed E-state index contributed by atoms with van der Waals surface area (Å²) in [7, 11) is 0. The molecule has 0 aliphatic heterocycles. The van der Waals surface area contributed by atoms with Crippen LogP contribution in [-0.2, 0) is 0 Å². The van der Waals surface area contributed by atoms with Gasteiger partial charge in [-0.05, 0) is 0 Å². The third-order valence-corrected chi connectivity index (χ3v) is 0.407. The normalized spacial score (nSPS) is 7.33. The monoisotopic (exact) mass is 83.1 g/mol. The van der Waals surface area contributed by atoms with Gasteiger partial charge in [-0.25, -0.2) is 0 Å². The van der Waals surface area contributed by atoms with Gasteiger partial charge in [-0.3, -0.25) is 0 Å². The minimum Gasteiger partial charge on any atom is -0.402 e. The van der Waals surface area contributed by atoms with Crippen LogP contribution in [0, 0.1) is 0 Å². The molecule has 1 nitrogen and oxygen atoms in total. The molecule has 2 N–H and O–H groups in total. The van der Waals surface area contributed by atoms with Crippen molar-refractivity contribution >= 4 is 0 Å². The van der Waals surface area contributed by atoms with Gasteiger partial charge in [0.2, 0.25) is 0 Å². The van der Waals surface area contributed by atoms with Gasteiger partial charge in [-0.15, -0.1) is 6.58 Å². The Kier molecular flexibility index (Phi) is 2.21. The van der Waals surface area contributed by atoms with E-state index in [0.29, 0.717) is 5.70 Å². The fraction of sp³-hybridized carbons (Fsp3) is 0.200. The molecule has 0 bridgehead atoms. The topological polar surface area (TPSA) is 26.0 Å². The lowest BCUT2D eigenvalue weighted by molar-refractivity contribution is 1.19. The van der Waals surface area contributed by atoms with Crippen LogP contribution in [0.25, 0.3) is 0 Å². The molecule has 0 amide bonds. The second-order valence-electron chi connectivity index (χ2n) is 1.15. The lowest BCUT2D eigenvalue weighted by Crippen LogP contribution is -1.90. The molecule has 1 heteroatoms. The molecule has 34 valence electrons. The Morgan fingerprint density at radius 3 is 2.33 bits per heavy atom. The summed E-state index contributed by atoms with van der Waals surface area (Å²) < 4.78 is 0. The van der Waals surface area contributed by atoms with E-state index in [2.05, 4.69) is 13.2 Å². The molecule has 0 aliphatic carbocycles. The van der Waals surface area contributed by atoms with Gasteiger partial charge >= 0.3 is 0 Å². The zero-order valence-electron chi connectivity index (χ0n) is 3.78. The van der Waals surface area contributed by atoms with Gasteiger partial charge in [0.05, 0.1) is 0 Å². The molecular weight excluding hydrogens is 74.1 g/mol. The Bertz CT molecular complexity index is 64.3. The largest absolute Gasteiger partial charge is 0.402 e. The molecule has 0 radical (unpaired) electrons. The van der Waals surface area contributed by atoms with Crippen molar-refractivity contribution in [3.8, 4) is 0 Å². The van der Waals surface area contributed by atoms with Gasteiger partial charge in [-0.2, -0.15) is 0 Å². The van der Waals surface area contributed by atoms with E-state index in [9.17, 15) is 0 Å². The van der Waals surface area contributed by atoms with E-state index >= 15 is 0 Å². The second kappa shape index (κ2) is 2.51. The van der Waals surface area contributed by atoms with Crippen LogP contribution < -0.4 is 5.73 Å². The van der Waals surface area contributed by atoms with Crippen molar-refractivity contribution in [3.05, 3.63) is 24.9 Å². The Morgan fingerprint density at radius 1 is 1.83 bits per heavy atom. The molecular formula is C5H9N. The molecule has 0 heterocycles. The maximum atomic E-state index is 5.14. The average Bonchev–Trinajstić information content (AvgIpc) is 1.35. The van der Waals surface area contributed by atoms with Crippen molar-refractivity contribution < 1.29 is 0 Å². The molecule has 0 rings (SSSR count). The number of allylic oxidation sites excluding steroid dienone is 1. The van der Waals surface area contributed by atoms with Crippen LogP contribution in [0.4, 0.5) is 0 Å². The minimum absolute atomic E-state index is 0.671. The van der Waals surface area contributed by atoms with E-state index in [-0.39, 0.29) is 0 Å². The molecule has 0 spiro atoms. The third kappa shape index (κ3) is 3.28. The summed E-state index contributed by atoms with van der Waals surface area (Å²) in [4.78, 5) is 0. The van der Waals surface area contributed by atoms with E-state index in [0.717, 1.165) is 6.42 Å². The maximum Gasteiger partial charge on any atom is 0.00457 e. The van der Waals surface area contributed by atoms with Crippen LogP contribution in [0.5, 0.6) is 0 Å². The summed E-state index contributed by atoms with van der Waals surface area (Å²) in [5.41, 5.74) is 5.81. The van der Waals surface area contributed by atoms with Gasteiger partial charge in [-0.1, -0.05) is 12.7 Å². The van der Waals surface area contributed by atoms with Gasteiger partial charge in [0.1, 0.15) is 0 Å². The van der Waals surface area contributed by atoms with Crippen LogP contribution >= 0.6 is 0 Å². The molecule has 0 saturated heterocycles. The summed E-state index contributed by atoms with van der Waals surface area (Å²) in [6, 6.07) is 0. The van der Waals surface area contributed by atoms with Crippen LogP contribution in [-0.4, -0.2) is 0 Å². The standard InChI is InChI=1S/C5H9N/c1-3-4-5(2)6/h3H,1-2,4,6H2. The quantitative estimate of drug-likeness (QED) is 0.496. The highest BCUT2D eigenvalue weighted by Crippen LogP contribution is 1.84.